The highest BCUT2D eigenvalue weighted by Gasteiger charge is 2.25. The van der Waals surface area contributed by atoms with E-state index in [-0.39, 0.29) is 25.0 Å². The summed E-state index contributed by atoms with van der Waals surface area (Å²) in [5.74, 6) is 5.35. The van der Waals surface area contributed by atoms with Crippen LogP contribution in [0.15, 0.2) is 42.5 Å². The molecule has 1 aromatic heterocycles. The van der Waals surface area contributed by atoms with Crippen LogP contribution in [0.1, 0.15) is 42.4 Å². The average Bonchev–Trinajstić information content (AvgIpc) is 3.13. The van der Waals surface area contributed by atoms with Gasteiger partial charge in [-0.15, -0.1) is 0 Å². The number of amides is 2. The van der Waals surface area contributed by atoms with Crippen LogP contribution in [0.2, 0.25) is 10.0 Å². The second-order valence-corrected chi connectivity index (χ2v) is 9.97. The van der Waals surface area contributed by atoms with E-state index in [0.717, 1.165) is 11.3 Å². The molecular weight excluding hydrogens is 499 g/mol. The smallest absolute Gasteiger partial charge is 0.272 e. The van der Waals surface area contributed by atoms with Crippen molar-refractivity contribution in [1.82, 2.24) is 20.4 Å². The van der Waals surface area contributed by atoms with Gasteiger partial charge in [-0.3, -0.25) is 9.59 Å². The number of nitrogens with zero attached hydrogens (tertiary/aromatic N) is 2. The highest BCUT2D eigenvalue weighted by Crippen LogP contribution is 2.32. The lowest BCUT2D eigenvalue weighted by molar-refractivity contribution is -0.124. The summed E-state index contributed by atoms with van der Waals surface area (Å²) in [5.41, 5.74) is 3.44. The van der Waals surface area contributed by atoms with E-state index in [9.17, 15) is 9.59 Å². The minimum Gasteiger partial charge on any atom is -0.375 e. The number of hydrogen-bond donors (Lipinski definition) is 2. The van der Waals surface area contributed by atoms with Crippen LogP contribution in [0.5, 0.6) is 0 Å². The van der Waals surface area contributed by atoms with Crippen molar-refractivity contribution >= 4 is 35.0 Å². The van der Waals surface area contributed by atoms with E-state index in [1.807, 2.05) is 45.9 Å². The fourth-order valence-electron chi connectivity index (χ4n) is 3.46. The van der Waals surface area contributed by atoms with Gasteiger partial charge < -0.3 is 15.4 Å². The van der Waals surface area contributed by atoms with Crippen LogP contribution < -0.4 is 10.6 Å². The van der Waals surface area contributed by atoms with Crippen LogP contribution in [-0.4, -0.2) is 47.4 Å². The molecule has 1 heterocycles. The van der Waals surface area contributed by atoms with E-state index in [1.165, 1.54) is 7.11 Å². The maximum atomic E-state index is 13.0. The van der Waals surface area contributed by atoms with Gasteiger partial charge in [0.2, 0.25) is 5.91 Å². The zero-order valence-electron chi connectivity index (χ0n) is 20.8. The lowest BCUT2D eigenvalue weighted by Crippen LogP contribution is -2.41. The molecule has 3 aromatic rings. The van der Waals surface area contributed by atoms with Gasteiger partial charge in [-0.05, 0) is 58.0 Å². The molecular formula is C27H28Cl2N4O3. The third-order valence-electron chi connectivity index (χ3n) is 5.00. The molecule has 0 aliphatic rings. The summed E-state index contributed by atoms with van der Waals surface area (Å²) in [7, 11) is 1.45. The first-order valence-electron chi connectivity index (χ1n) is 11.2. The minimum atomic E-state index is -0.422. The van der Waals surface area contributed by atoms with Gasteiger partial charge in [0.25, 0.3) is 5.91 Å². The second kappa shape index (κ2) is 11.6. The molecule has 0 fully saturated rings. The summed E-state index contributed by atoms with van der Waals surface area (Å²) in [4.78, 5) is 24.5. The van der Waals surface area contributed by atoms with Crippen LogP contribution in [0.25, 0.3) is 16.9 Å². The van der Waals surface area contributed by atoms with Crippen LogP contribution >= 0.6 is 23.2 Å². The van der Waals surface area contributed by atoms with Gasteiger partial charge in [0, 0.05) is 34.4 Å². The van der Waals surface area contributed by atoms with Crippen molar-refractivity contribution in [1.29, 1.82) is 0 Å². The van der Waals surface area contributed by atoms with E-state index >= 15 is 0 Å². The number of benzene rings is 2. The van der Waals surface area contributed by atoms with E-state index in [0.29, 0.717) is 32.6 Å². The molecule has 3 rings (SSSR count). The predicted molar refractivity (Wildman–Crippen MR) is 143 cm³/mol. The summed E-state index contributed by atoms with van der Waals surface area (Å²) in [5, 5.41) is 11.3. The number of ether oxygens (including phenoxy) is 1. The monoisotopic (exact) mass is 526 g/mol. The summed E-state index contributed by atoms with van der Waals surface area (Å²) in [6, 6.07) is 12.6. The number of carbonyl (C=O) groups is 2. The molecule has 2 aromatic carbocycles. The summed E-state index contributed by atoms with van der Waals surface area (Å²) in [6.45, 7) is 7.77. The molecule has 0 saturated carbocycles. The molecule has 0 aliphatic heterocycles. The van der Waals surface area contributed by atoms with E-state index in [1.54, 1.807) is 28.9 Å². The second-order valence-electron chi connectivity index (χ2n) is 9.12. The zero-order chi connectivity index (χ0) is 26.5. The topological polar surface area (TPSA) is 85.2 Å². The Morgan fingerprint density at radius 1 is 1.11 bits per heavy atom. The van der Waals surface area contributed by atoms with Gasteiger partial charge >= 0.3 is 0 Å². The van der Waals surface area contributed by atoms with Crippen molar-refractivity contribution in [2.24, 2.45) is 0 Å². The maximum Gasteiger partial charge on any atom is 0.272 e. The van der Waals surface area contributed by atoms with Crippen molar-refractivity contribution < 1.29 is 14.3 Å². The molecule has 2 amide bonds. The fraction of sp³-hybridized carbons (Fsp3) is 0.296. The Labute approximate surface area is 221 Å². The number of methoxy groups -OCH3 is 1. The van der Waals surface area contributed by atoms with Crippen molar-refractivity contribution in [2.75, 3.05) is 20.3 Å². The third kappa shape index (κ3) is 6.88. The molecule has 0 radical (unpaired) electrons. The lowest BCUT2D eigenvalue weighted by atomic mass is 10.0. The maximum absolute atomic E-state index is 13.0. The van der Waals surface area contributed by atoms with Gasteiger partial charge in [0.1, 0.15) is 6.61 Å². The van der Waals surface area contributed by atoms with E-state index in [2.05, 4.69) is 27.6 Å². The zero-order valence-corrected chi connectivity index (χ0v) is 22.3. The van der Waals surface area contributed by atoms with Crippen LogP contribution in [-0.2, 0) is 9.53 Å². The highest BCUT2D eigenvalue weighted by molar-refractivity contribution is 6.32. The number of aromatic nitrogens is 2. The van der Waals surface area contributed by atoms with Crippen molar-refractivity contribution in [3.63, 3.8) is 0 Å². The Hall–Kier alpha value is -3.31. The third-order valence-corrected chi connectivity index (χ3v) is 5.56. The molecule has 188 valence electrons. The quantitative estimate of drug-likeness (QED) is 0.452. The molecule has 0 spiro atoms. The predicted octanol–water partition coefficient (Wildman–Crippen LogP) is 4.80. The van der Waals surface area contributed by atoms with Crippen LogP contribution in [0.4, 0.5) is 0 Å². The first-order chi connectivity index (χ1) is 17.0. The number of halogens is 2. The first kappa shape index (κ1) is 27.3. The van der Waals surface area contributed by atoms with E-state index in [4.69, 9.17) is 27.9 Å². The highest BCUT2D eigenvalue weighted by atomic mass is 35.5. The normalized spacial score (nSPS) is 11.0. The Kier molecular flexibility index (Phi) is 8.80. The Bertz CT molecular complexity index is 1330. The van der Waals surface area contributed by atoms with Crippen LogP contribution in [0, 0.1) is 18.8 Å². The number of rotatable bonds is 6. The molecule has 0 bridgehead atoms. The number of nitrogens with one attached hydrogen (secondary N) is 2. The van der Waals surface area contributed by atoms with Crippen molar-refractivity contribution in [3.05, 3.63) is 69.3 Å². The summed E-state index contributed by atoms with van der Waals surface area (Å²) >= 11 is 12.8. The van der Waals surface area contributed by atoms with Gasteiger partial charge in [-0.2, -0.15) is 5.10 Å². The van der Waals surface area contributed by atoms with Gasteiger partial charge in [0.15, 0.2) is 5.69 Å². The fourth-order valence-corrected chi connectivity index (χ4v) is 3.85. The molecule has 2 N–H and O–H groups in total. The molecule has 36 heavy (non-hydrogen) atoms. The molecule has 0 aliphatic carbocycles. The Morgan fingerprint density at radius 2 is 1.81 bits per heavy atom. The lowest BCUT2D eigenvalue weighted by Gasteiger charge is -2.19. The Morgan fingerprint density at radius 3 is 2.42 bits per heavy atom. The minimum absolute atomic E-state index is 0.0167. The SMILES string of the molecule is COCC(=O)NCC#Cc1ccc(-n2nc(C(=O)NC(C)(C)C)c(C)c2-c2ccc(Cl)cc2)c(Cl)c1. The summed E-state index contributed by atoms with van der Waals surface area (Å²) < 4.78 is 6.44. The molecule has 0 unspecified atom stereocenters. The number of hydrogen-bond acceptors (Lipinski definition) is 4. The molecule has 0 saturated heterocycles. The van der Waals surface area contributed by atoms with Crippen molar-refractivity contribution in [2.45, 2.75) is 33.2 Å². The van der Waals surface area contributed by atoms with Gasteiger partial charge in [0.05, 0.1) is 22.9 Å². The van der Waals surface area contributed by atoms with Crippen LogP contribution in [0.3, 0.4) is 0 Å². The van der Waals surface area contributed by atoms with E-state index < -0.39 is 5.54 Å². The van der Waals surface area contributed by atoms with Crippen molar-refractivity contribution in [3.8, 4) is 28.8 Å². The largest absolute Gasteiger partial charge is 0.375 e. The van der Waals surface area contributed by atoms with Gasteiger partial charge in [-0.1, -0.05) is 47.2 Å². The Balaban J connectivity index is 2.01. The molecule has 7 nitrogen and oxygen atoms in total. The first-order valence-corrected chi connectivity index (χ1v) is 12.0. The standard InChI is InChI=1S/C27H28Cl2N4O3/c1-17-24(26(35)31-27(2,3)4)32-33(25(17)19-9-11-20(28)12-10-19)22-13-8-18(15-21(22)29)7-6-14-30-23(34)16-36-5/h8-13,15H,14,16H2,1-5H3,(H,30,34)(H,31,35). The average molecular weight is 527 g/mol. The summed E-state index contributed by atoms with van der Waals surface area (Å²) in [6.07, 6.45) is 0. The van der Waals surface area contributed by atoms with Gasteiger partial charge in [-0.25, -0.2) is 4.68 Å². The number of carbonyl (C=O) groups excluding carboxylic acids is 2. The molecule has 0 atom stereocenters. The molecule has 9 heteroatoms.